The van der Waals surface area contributed by atoms with Crippen LogP contribution in [0.15, 0.2) is 12.1 Å². The van der Waals surface area contributed by atoms with Gasteiger partial charge in [-0.25, -0.2) is 0 Å². The smallest absolute Gasteiger partial charge is 0.125 e. The van der Waals surface area contributed by atoms with Gasteiger partial charge >= 0.3 is 0 Å². The van der Waals surface area contributed by atoms with E-state index in [1.807, 2.05) is 0 Å². The first kappa shape index (κ1) is 12.1. The van der Waals surface area contributed by atoms with Crippen LogP contribution in [0.5, 0.6) is 5.75 Å². The summed E-state index contributed by atoms with van der Waals surface area (Å²) in [5, 5.41) is 0. The van der Waals surface area contributed by atoms with E-state index in [0.29, 0.717) is 6.54 Å². The molecule has 1 aromatic rings. The zero-order valence-electron chi connectivity index (χ0n) is 10.3. The molecule has 0 aliphatic rings. The van der Waals surface area contributed by atoms with Gasteiger partial charge in [-0.15, -0.1) is 0 Å². The van der Waals surface area contributed by atoms with Gasteiger partial charge < -0.3 is 10.5 Å². The van der Waals surface area contributed by atoms with E-state index in [1.54, 1.807) is 7.11 Å². The standard InChI is InChI=1S/C13H21NO/c1-9-6-10(8-14)7-11(12(9)15-5)13(2,3)4/h6-7H,8,14H2,1-5H3. The Morgan fingerprint density at radius 2 is 1.87 bits per heavy atom. The number of hydrogen-bond acceptors (Lipinski definition) is 2. The van der Waals surface area contributed by atoms with Gasteiger partial charge in [-0.1, -0.05) is 32.9 Å². The van der Waals surface area contributed by atoms with Gasteiger partial charge in [0.05, 0.1) is 7.11 Å². The Balaban J connectivity index is 3.39. The lowest BCUT2D eigenvalue weighted by atomic mass is 9.84. The molecular weight excluding hydrogens is 186 g/mol. The Morgan fingerprint density at radius 3 is 2.27 bits per heavy atom. The third kappa shape index (κ3) is 2.51. The molecule has 0 unspecified atom stereocenters. The molecule has 0 saturated heterocycles. The molecule has 0 amide bonds. The Labute approximate surface area is 92.4 Å². The van der Waals surface area contributed by atoms with E-state index in [4.69, 9.17) is 10.5 Å². The minimum Gasteiger partial charge on any atom is -0.496 e. The zero-order chi connectivity index (χ0) is 11.6. The quantitative estimate of drug-likeness (QED) is 0.809. The maximum absolute atomic E-state index is 5.68. The van der Waals surface area contributed by atoms with E-state index in [1.165, 1.54) is 11.1 Å². The van der Waals surface area contributed by atoms with E-state index >= 15 is 0 Å². The predicted octanol–water partition coefficient (Wildman–Crippen LogP) is 2.76. The van der Waals surface area contributed by atoms with Crippen LogP contribution in [-0.4, -0.2) is 7.11 Å². The molecule has 0 saturated carbocycles. The van der Waals surface area contributed by atoms with Crippen molar-refractivity contribution in [3.63, 3.8) is 0 Å². The molecule has 0 aliphatic heterocycles. The Bertz CT molecular complexity index is 350. The van der Waals surface area contributed by atoms with Crippen LogP contribution in [0.4, 0.5) is 0 Å². The molecule has 1 rings (SSSR count). The molecule has 0 aromatic heterocycles. The van der Waals surface area contributed by atoms with Gasteiger partial charge in [-0.3, -0.25) is 0 Å². The first-order valence-corrected chi connectivity index (χ1v) is 5.28. The highest BCUT2D eigenvalue weighted by Crippen LogP contribution is 2.34. The third-order valence-corrected chi connectivity index (χ3v) is 2.58. The monoisotopic (exact) mass is 207 g/mol. The second kappa shape index (κ2) is 4.23. The number of methoxy groups -OCH3 is 1. The Morgan fingerprint density at radius 1 is 1.27 bits per heavy atom. The van der Waals surface area contributed by atoms with Crippen molar-refractivity contribution in [2.75, 3.05) is 7.11 Å². The maximum Gasteiger partial charge on any atom is 0.125 e. The number of nitrogens with two attached hydrogens (primary N) is 1. The molecule has 0 radical (unpaired) electrons. The number of ether oxygens (including phenoxy) is 1. The third-order valence-electron chi connectivity index (χ3n) is 2.58. The van der Waals surface area contributed by atoms with Crippen molar-refractivity contribution in [1.82, 2.24) is 0 Å². The molecule has 0 aliphatic carbocycles. The molecule has 2 heteroatoms. The van der Waals surface area contributed by atoms with Crippen molar-refractivity contribution in [1.29, 1.82) is 0 Å². The maximum atomic E-state index is 5.68. The summed E-state index contributed by atoms with van der Waals surface area (Å²) in [4.78, 5) is 0. The van der Waals surface area contributed by atoms with Crippen LogP contribution in [0.25, 0.3) is 0 Å². The highest BCUT2D eigenvalue weighted by Gasteiger charge is 2.20. The lowest BCUT2D eigenvalue weighted by Gasteiger charge is -2.24. The van der Waals surface area contributed by atoms with E-state index in [2.05, 4.69) is 39.8 Å². The van der Waals surface area contributed by atoms with Crippen LogP contribution >= 0.6 is 0 Å². The molecule has 0 atom stereocenters. The summed E-state index contributed by atoms with van der Waals surface area (Å²) in [6, 6.07) is 4.24. The summed E-state index contributed by atoms with van der Waals surface area (Å²) < 4.78 is 5.46. The van der Waals surface area contributed by atoms with Crippen molar-refractivity contribution in [3.8, 4) is 5.75 Å². The minimum absolute atomic E-state index is 0.0846. The molecule has 84 valence electrons. The van der Waals surface area contributed by atoms with Crippen LogP contribution < -0.4 is 10.5 Å². The van der Waals surface area contributed by atoms with Crippen molar-refractivity contribution >= 4 is 0 Å². The fraction of sp³-hybridized carbons (Fsp3) is 0.538. The van der Waals surface area contributed by atoms with Crippen molar-refractivity contribution in [2.24, 2.45) is 5.73 Å². The average Bonchev–Trinajstić information content (AvgIpc) is 2.15. The summed E-state index contributed by atoms with van der Waals surface area (Å²) >= 11 is 0. The highest BCUT2D eigenvalue weighted by molar-refractivity contribution is 5.47. The lowest BCUT2D eigenvalue weighted by molar-refractivity contribution is 0.394. The lowest BCUT2D eigenvalue weighted by Crippen LogP contribution is -2.14. The number of rotatable bonds is 2. The molecule has 1 aromatic carbocycles. The topological polar surface area (TPSA) is 35.2 Å². The second-order valence-corrected chi connectivity index (χ2v) is 4.95. The molecule has 0 fully saturated rings. The fourth-order valence-corrected chi connectivity index (χ4v) is 1.79. The SMILES string of the molecule is COc1c(C)cc(CN)cc1C(C)(C)C. The normalized spacial score (nSPS) is 11.6. The van der Waals surface area contributed by atoms with Gasteiger partial charge in [0, 0.05) is 12.1 Å². The molecule has 15 heavy (non-hydrogen) atoms. The number of aryl methyl sites for hydroxylation is 1. The largest absolute Gasteiger partial charge is 0.496 e. The summed E-state index contributed by atoms with van der Waals surface area (Å²) in [7, 11) is 1.72. The van der Waals surface area contributed by atoms with Crippen LogP contribution in [0.1, 0.15) is 37.5 Å². The molecule has 2 N–H and O–H groups in total. The molecule has 0 spiro atoms. The van der Waals surface area contributed by atoms with E-state index in [0.717, 1.165) is 11.3 Å². The van der Waals surface area contributed by atoms with Gasteiger partial charge in [0.2, 0.25) is 0 Å². The van der Waals surface area contributed by atoms with Gasteiger partial charge in [0.1, 0.15) is 5.75 Å². The summed E-state index contributed by atoms with van der Waals surface area (Å²) in [6.07, 6.45) is 0. The number of benzene rings is 1. The van der Waals surface area contributed by atoms with E-state index in [9.17, 15) is 0 Å². The molecule has 0 heterocycles. The summed E-state index contributed by atoms with van der Waals surface area (Å²) in [6.45, 7) is 9.20. The van der Waals surface area contributed by atoms with Crippen molar-refractivity contribution < 1.29 is 4.74 Å². The molecule has 0 bridgehead atoms. The summed E-state index contributed by atoms with van der Waals surface area (Å²) in [5.41, 5.74) is 9.32. The Kier molecular flexibility index (Phi) is 3.40. The van der Waals surface area contributed by atoms with Crippen LogP contribution in [0, 0.1) is 6.92 Å². The van der Waals surface area contributed by atoms with Crippen LogP contribution in [0.3, 0.4) is 0 Å². The molecular formula is C13H21NO. The van der Waals surface area contributed by atoms with Gasteiger partial charge in [0.15, 0.2) is 0 Å². The number of hydrogen-bond donors (Lipinski definition) is 1. The predicted molar refractivity (Wildman–Crippen MR) is 64.3 cm³/mol. The highest BCUT2D eigenvalue weighted by atomic mass is 16.5. The second-order valence-electron chi connectivity index (χ2n) is 4.95. The fourth-order valence-electron chi connectivity index (χ4n) is 1.79. The first-order valence-electron chi connectivity index (χ1n) is 5.28. The summed E-state index contributed by atoms with van der Waals surface area (Å²) in [5.74, 6) is 0.986. The van der Waals surface area contributed by atoms with E-state index < -0.39 is 0 Å². The minimum atomic E-state index is 0.0846. The first-order chi connectivity index (χ1) is 6.90. The van der Waals surface area contributed by atoms with Gasteiger partial charge in [-0.05, 0) is 23.5 Å². The van der Waals surface area contributed by atoms with Crippen molar-refractivity contribution in [3.05, 3.63) is 28.8 Å². The van der Waals surface area contributed by atoms with Crippen LogP contribution in [0.2, 0.25) is 0 Å². The van der Waals surface area contributed by atoms with Gasteiger partial charge in [0.25, 0.3) is 0 Å². The van der Waals surface area contributed by atoms with Crippen LogP contribution in [-0.2, 0) is 12.0 Å². The van der Waals surface area contributed by atoms with E-state index in [-0.39, 0.29) is 5.41 Å². The molecule has 2 nitrogen and oxygen atoms in total. The Hall–Kier alpha value is -1.02. The van der Waals surface area contributed by atoms with Crippen molar-refractivity contribution in [2.45, 2.75) is 39.7 Å². The average molecular weight is 207 g/mol. The van der Waals surface area contributed by atoms with Gasteiger partial charge in [-0.2, -0.15) is 0 Å². The zero-order valence-corrected chi connectivity index (χ0v) is 10.3.